The van der Waals surface area contributed by atoms with Gasteiger partial charge < -0.3 is 9.84 Å². The summed E-state index contributed by atoms with van der Waals surface area (Å²) in [5, 5.41) is 9.28. The molecule has 1 aromatic carbocycles. The highest BCUT2D eigenvalue weighted by molar-refractivity contribution is 7.99. The van der Waals surface area contributed by atoms with E-state index in [-0.39, 0.29) is 11.7 Å². The van der Waals surface area contributed by atoms with Gasteiger partial charge >= 0.3 is 0 Å². The first-order valence-corrected chi connectivity index (χ1v) is 12.1. The molecule has 9 heteroatoms. The number of aromatic nitrogens is 1. The highest BCUT2D eigenvalue weighted by atomic mass is 35.5. The fourth-order valence-electron chi connectivity index (χ4n) is 2.34. The monoisotopic (exact) mass is 440 g/mol. The highest BCUT2D eigenvalue weighted by Crippen LogP contribution is 2.27. The Morgan fingerprint density at radius 1 is 1.37 bits per heavy atom. The van der Waals surface area contributed by atoms with E-state index in [2.05, 4.69) is 10.5 Å². The summed E-state index contributed by atoms with van der Waals surface area (Å²) in [5.41, 5.74) is 2.19. The smallest absolute Gasteiger partial charge is 0.234 e. The van der Waals surface area contributed by atoms with Crippen LogP contribution in [0, 0.1) is 0 Å². The molecule has 2 heterocycles. The zero-order chi connectivity index (χ0) is 19.2. The van der Waals surface area contributed by atoms with E-state index >= 15 is 0 Å². The molecule has 1 amide bonds. The van der Waals surface area contributed by atoms with Crippen LogP contribution in [-0.2, 0) is 27.1 Å². The Morgan fingerprint density at radius 3 is 2.96 bits per heavy atom. The molecule has 5 nitrogen and oxygen atoms in total. The molecule has 3 aromatic rings. The van der Waals surface area contributed by atoms with Crippen LogP contribution in [0.1, 0.15) is 11.3 Å². The number of halogens is 1. The van der Waals surface area contributed by atoms with E-state index in [1.807, 2.05) is 29.6 Å². The molecule has 0 spiro atoms. The van der Waals surface area contributed by atoms with Crippen LogP contribution in [0.4, 0.5) is 5.69 Å². The van der Waals surface area contributed by atoms with Crippen LogP contribution in [0.3, 0.4) is 0 Å². The topological polar surface area (TPSA) is 72.2 Å². The quantitative estimate of drug-likeness (QED) is 0.544. The Morgan fingerprint density at radius 2 is 2.22 bits per heavy atom. The van der Waals surface area contributed by atoms with E-state index in [4.69, 9.17) is 16.1 Å². The molecule has 0 aliphatic rings. The van der Waals surface area contributed by atoms with E-state index in [9.17, 15) is 9.00 Å². The molecule has 0 radical (unpaired) electrons. The van der Waals surface area contributed by atoms with E-state index in [1.54, 1.807) is 29.7 Å². The number of thiophene rings is 1. The van der Waals surface area contributed by atoms with Gasteiger partial charge in [0.2, 0.25) is 5.91 Å². The first-order valence-electron chi connectivity index (χ1n) is 7.97. The number of amides is 1. The zero-order valence-electron chi connectivity index (χ0n) is 14.4. The van der Waals surface area contributed by atoms with Crippen molar-refractivity contribution in [2.45, 2.75) is 11.5 Å². The van der Waals surface area contributed by atoms with Crippen LogP contribution >= 0.6 is 34.7 Å². The van der Waals surface area contributed by atoms with Crippen molar-refractivity contribution in [3.05, 3.63) is 58.1 Å². The van der Waals surface area contributed by atoms with Crippen molar-refractivity contribution in [2.75, 3.05) is 17.3 Å². The molecule has 0 saturated heterocycles. The van der Waals surface area contributed by atoms with Crippen molar-refractivity contribution in [3.63, 3.8) is 0 Å². The second kappa shape index (κ2) is 9.54. The van der Waals surface area contributed by atoms with Crippen molar-refractivity contribution in [1.29, 1.82) is 0 Å². The van der Waals surface area contributed by atoms with Crippen molar-refractivity contribution < 1.29 is 13.5 Å². The second-order valence-corrected chi connectivity index (χ2v) is 9.51. The lowest BCUT2D eigenvalue weighted by Crippen LogP contribution is -2.14. The normalized spacial score (nSPS) is 12.1. The minimum absolute atomic E-state index is 0.154. The number of thioether (sulfide) groups is 1. The minimum Gasteiger partial charge on any atom is -0.355 e. The third-order valence-corrected chi connectivity index (χ3v) is 6.40. The van der Waals surface area contributed by atoms with E-state index in [1.165, 1.54) is 11.8 Å². The number of carbonyl (C=O) groups is 1. The third kappa shape index (κ3) is 5.93. The van der Waals surface area contributed by atoms with Gasteiger partial charge in [-0.05, 0) is 29.1 Å². The lowest BCUT2D eigenvalue weighted by atomic mass is 10.2. The molecular formula is C18H17ClN2O3S3. The van der Waals surface area contributed by atoms with E-state index < -0.39 is 10.8 Å². The Balaban J connectivity index is 1.51. The predicted octanol–water partition coefficient (Wildman–Crippen LogP) is 4.81. The van der Waals surface area contributed by atoms with Gasteiger partial charge in [-0.25, -0.2) is 0 Å². The van der Waals surface area contributed by atoms with Crippen molar-refractivity contribution in [2.24, 2.45) is 0 Å². The van der Waals surface area contributed by atoms with Gasteiger partial charge in [0.15, 0.2) is 5.76 Å². The van der Waals surface area contributed by atoms with Gasteiger partial charge in [0, 0.05) is 34.6 Å². The van der Waals surface area contributed by atoms with E-state index in [0.29, 0.717) is 22.2 Å². The maximum Gasteiger partial charge on any atom is 0.234 e. The third-order valence-electron chi connectivity index (χ3n) is 3.48. The second-order valence-electron chi connectivity index (χ2n) is 5.73. The summed E-state index contributed by atoms with van der Waals surface area (Å²) in [7, 11) is -0.954. The van der Waals surface area contributed by atoms with Crippen LogP contribution in [0.2, 0.25) is 5.02 Å². The van der Waals surface area contributed by atoms with Crippen molar-refractivity contribution >= 4 is 57.1 Å². The number of hydrogen-bond donors (Lipinski definition) is 1. The Labute approximate surface area is 172 Å². The standard InChI is InChI=1S/C18H17ClN2O3S3/c1-27(23)11-12-4-5-14(19)15(7-12)20-18(22)10-25-9-13-8-16(24-21-13)17-3-2-6-26-17/h2-8H,9-11H2,1H3,(H,20,22). The van der Waals surface area contributed by atoms with Gasteiger partial charge in [0.1, 0.15) is 0 Å². The molecule has 27 heavy (non-hydrogen) atoms. The van der Waals surface area contributed by atoms with Gasteiger partial charge in [-0.2, -0.15) is 0 Å². The van der Waals surface area contributed by atoms with Crippen molar-refractivity contribution in [3.8, 4) is 10.6 Å². The summed E-state index contributed by atoms with van der Waals surface area (Å²) in [6.07, 6.45) is 1.64. The van der Waals surface area contributed by atoms with Gasteiger partial charge in [0.25, 0.3) is 0 Å². The molecule has 2 aromatic heterocycles. The summed E-state index contributed by atoms with van der Waals surface area (Å²) < 4.78 is 16.7. The van der Waals surface area contributed by atoms with Gasteiger partial charge in [0.05, 0.1) is 27.0 Å². The molecular weight excluding hydrogens is 424 g/mol. The van der Waals surface area contributed by atoms with Crippen LogP contribution in [-0.4, -0.2) is 27.3 Å². The van der Waals surface area contributed by atoms with E-state index in [0.717, 1.165) is 21.9 Å². The molecule has 0 bridgehead atoms. The lowest BCUT2D eigenvalue weighted by Gasteiger charge is -2.09. The van der Waals surface area contributed by atoms with Crippen molar-refractivity contribution in [1.82, 2.24) is 5.16 Å². The highest BCUT2D eigenvalue weighted by Gasteiger charge is 2.11. The first kappa shape index (κ1) is 20.1. The lowest BCUT2D eigenvalue weighted by molar-refractivity contribution is -0.113. The number of rotatable bonds is 8. The number of anilines is 1. The number of nitrogens with one attached hydrogen (secondary N) is 1. The average molecular weight is 441 g/mol. The van der Waals surface area contributed by atoms with Crippen LogP contribution < -0.4 is 5.32 Å². The summed E-state index contributed by atoms with van der Waals surface area (Å²) in [6, 6.07) is 11.1. The van der Waals surface area contributed by atoms with Gasteiger partial charge in [-0.3, -0.25) is 9.00 Å². The Bertz CT molecular complexity index is 941. The fourth-order valence-corrected chi connectivity index (χ4v) is 4.53. The molecule has 0 fully saturated rings. The van der Waals surface area contributed by atoms with Crippen LogP contribution in [0.5, 0.6) is 0 Å². The minimum atomic E-state index is -0.954. The molecule has 1 N–H and O–H groups in total. The summed E-state index contributed by atoms with van der Waals surface area (Å²) in [4.78, 5) is 13.2. The molecule has 1 unspecified atom stereocenters. The van der Waals surface area contributed by atoms with Gasteiger partial charge in [-0.1, -0.05) is 28.9 Å². The number of carbonyl (C=O) groups excluding carboxylic acids is 1. The Kier molecular flexibility index (Phi) is 7.12. The molecule has 142 valence electrons. The average Bonchev–Trinajstić information content (AvgIpc) is 3.28. The number of hydrogen-bond acceptors (Lipinski definition) is 6. The van der Waals surface area contributed by atoms with Gasteiger partial charge in [-0.15, -0.1) is 23.1 Å². The molecule has 1 atom stereocenters. The molecule has 3 rings (SSSR count). The SMILES string of the molecule is CS(=O)Cc1ccc(Cl)c(NC(=O)CSCc2cc(-c3cccs3)on2)c1. The molecule has 0 saturated carbocycles. The number of nitrogens with zero attached hydrogens (tertiary/aromatic N) is 1. The fraction of sp³-hybridized carbons (Fsp3) is 0.222. The summed E-state index contributed by atoms with van der Waals surface area (Å²) >= 11 is 9.17. The van der Waals surface area contributed by atoms with Crippen LogP contribution in [0.25, 0.3) is 10.6 Å². The largest absolute Gasteiger partial charge is 0.355 e. The molecule has 0 aliphatic heterocycles. The number of benzene rings is 1. The Hall–Kier alpha value is -1.61. The predicted molar refractivity (Wildman–Crippen MR) is 114 cm³/mol. The van der Waals surface area contributed by atoms with Crippen LogP contribution in [0.15, 0.2) is 46.3 Å². The molecule has 0 aliphatic carbocycles. The maximum absolute atomic E-state index is 12.2. The first-order chi connectivity index (χ1) is 13.0. The summed E-state index contributed by atoms with van der Waals surface area (Å²) in [5.74, 6) is 1.85. The zero-order valence-corrected chi connectivity index (χ0v) is 17.6. The maximum atomic E-state index is 12.2. The summed E-state index contributed by atoms with van der Waals surface area (Å²) in [6.45, 7) is 0.